The van der Waals surface area contributed by atoms with Crippen LogP contribution in [-0.4, -0.2) is 14.6 Å². The van der Waals surface area contributed by atoms with Crippen molar-refractivity contribution in [1.29, 1.82) is 0 Å². The molecule has 0 fully saturated rings. The van der Waals surface area contributed by atoms with Gasteiger partial charge in [-0.25, -0.2) is 4.68 Å². The van der Waals surface area contributed by atoms with Crippen LogP contribution in [0.4, 0.5) is 0 Å². The highest BCUT2D eigenvalue weighted by Crippen LogP contribution is 2.30. The predicted octanol–water partition coefficient (Wildman–Crippen LogP) is 6.03. The van der Waals surface area contributed by atoms with Gasteiger partial charge < -0.3 is 0 Å². The second kappa shape index (κ2) is 8.14. The van der Waals surface area contributed by atoms with Crippen molar-refractivity contribution in [3.8, 4) is 0 Å². The van der Waals surface area contributed by atoms with Gasteiger partial charge in [0, 0.05) is 5.75 Å². The van der Waals surface area contributed by atoms with E-state index in [4.69, 9.17) is 34.8 Å². The van der Waals surface area contributed by atoms with E-state index in [0.29, 0.717) is 10.6 Å². The summed E-state index contributed by atoms with van der Waals surface area (Å²) in [5.74, 6) is 0.701. The summed E-state index contributed by atoms with van der Waals surface area (Å²) in [5.41, 5.74) is 1.32. The molecule has 0 atom stereocenters. The van der Waals surface area contributed by atoms with Gasteiger partial charge in [0.1, 0.15) is 9.86 Å². The summed E-state index contributed by atoms with van der Waals surface area (Å²) in [4.78, 5) is 12.4. The Labute approximate surface area is 174 Å². The van der Waals surface area contributed by atoms with Gasteiger partial charge in [0.05, 0.1) is 16.6 Å². The van der Waals surface area contributed by atoms with Crippen molar-refractivity contribution in [2.75, 3.05) is 0 Å². The van der Waals surface area contributed by atoms with Gasteiger partial charge in [-0.3, -0.25) is 4.79 Å². The molecule has 2 rings (SSSR count). The molecule has 0 spiro atoms. The van der Waals surface area contributed by atoms with E-state index in [-0.39, 0.29) is 10.4 Å². The molecule has 1 aromatic carbocycles. The van der Waals surface area contributed by atoms with Crippen LogP contribution in [0.5, 0.6) is 0 Å². The maximum absolute atomic E-state index is 12.5. The van der Waals surface area contributed by atoms with E-state index >= 15 is 0 Å². The van der Waals surface area contributed by atoms with Crippen LogP contribution in [0, 0.1) is 0 Å². The normalized spacial score (nSPS) is 12.7. The van der Waals surface area contributed by atoms with E-state index in [1.807, 2.05) is 0 Å². The molecule has 1 heterocycles. The number of benzene rings is 1. The topological polar surface area (TPSA) is 34.9 Å². The summed E-state index contributed by atoms with van der Waals surface area (Å²) in [6.07, 6.45) is 1.59. The molecule has 26 heavy (non-hydrogen) atoms. The van der Waals surface area contributed by atoms with Crippen molar-refractivity contribution in [3.05, 3.63) is 57.0 Å². The SMILES string of the molecule is CC(C)(C)c1ccc(CSc2cnn(C(C)(C)C(Cl)Cl)c(=O)c2Cl)cc1. The van der Waals surface area contributed by atoms with Crippen LogP contribution in [0.15, 0.2) is 40.2 Å². The van der Waals surface area contributed by atoms with Crippen molar-refractivity contribution in [1.82, 2.24) is 9.78 Å². The summed E-state index contributed by atoms with van der Waals surface area (Å²) in [6.45, 7) is 10.0. The minimum absolute atomic E-state index is 0.124. The maximum Gasteiger partial charge on any atom is 0.287 e. The molecule has 0 bridgehead atoms. The van der Waals surface area contributed by atoms with E-state index in [9.17, 15) is 4.79 Å². The number of thioether (sulfide) groups is 1. The summed E-state index contributed by atoms with van der Waals surface area (Å²) in [6, 6.07) is 8.48. The zero-order valence-electron chi connectivity index (χ0n) is 15.5. The first-order chi connectivity index (χ1) is 11.9. The fourth-order valence-electron chi connectivity index (χ4n) is 2.28. The summed E-state index contributed by atoms with van der Waals surface area (Å²) in [7, 11) is 0. The first-order valence-corrected chi connectivity index (χ1v) is 10.5. The Bertz CT molecular complexity index is 824. The lowest BCUT2D eigenvalue weighted by molar-refractivity contribution is 0.325. The predicted molar refractivity (Wildman–Crippen MR) is 113 cm³/mol. The molecule has 7 heteroatoms. The third-order valence-corrected chi connectivity index (χ3v) is 6.82. The van der Waals surface area contributed by atoms with Gasteiger partial charge in [-0.05, 0) is 30.4 Å². The third-order valence-electron chi connectivity index (χ3n) is 4.18. The van der Waals surface area contributed by atoms with E-state index < -0.39 is 15.9 Å². The lowest BCUT2D eigenvalue weighted by Gasteiger charge is -2.27. The molecule has 142 valence electrons. The van der Waals surface area contributed by atoms with Crippen LogP contribution in [0.25, 0.3) is 0 Å². The molecular weight excluding hydrogens is 411 g/mol. The molecule has 3 nitrogen and oxygen atoms in total. The molecular formula is C19H23Cl3N2OS. The fourth-order valence-corrected chi connectivity index (χ4v) is 3.61. The van der Waals surface area contributed by atoms with Gasteiger partial charge in [0.15, 0.2) is 0 Å². The zero-order chi connectivity index (χ0) is 19.7. The molecule has 2 aromatic rings. The Kier molecular flexibility index (Phi) is 6.76. The van der Waals surface area contributed by atoms with Gasteiger partial charge in [-0.2, -0.15) is 5.10 Å². The number of aromatic nitrogens is 2. The Hall–Kier alpha value is -0.680. The molecule has 0 saturated heterocycles. The average Bonchev–Trinajstić information content (AvgIpc) is 2.55. The fraction of sp³-hybridized carbons (Fsp3) is 0.474. The van der Waals surface area contributed by atoms with Crippen molar-refractivity contribution in [2.24, 2.45) is 0 Å². The number of hydrogen-bond acceptors (Lipinski definition) is 3. The van der Waals surface area contributed by atoms with Crippen molar-refractivity contribution in [2.45, 2.75) is 61.1 Å². The molecule has 0 aliphatic rings. The largest absolute Gasteiger partial charge is 0.287 e. The Balaban J connectivity index is 2.19. The average molecular weight is 434 g/mol. The Morgan fingerprint density at radius 2 is 1.69 bits per heavy atom. The van der Waals surface area contributed by atoms with E-state index in [1.54, 1.807) is 20.0 Å². The van der Waals surface area contributed by atoms with Crippen molar-refractivity contribution >= 4 is 46.6 Å². The lowest BCUT2D eigenvalue weighted by atomic mass is 9.87. The number of alkyl halides is 2. The summed E-state index contributed by atoms with van der Waals surface area (Å²) < 4.78 is 1.24. The lowest BCUT2D eigenvalue weighted by Crippen LogP contribution is -2.43. The third kappa shape index (κ3) is 4.78. The number of nitrogens with zero attached hydrogens (tertiary/aromatic N) is 2. The molecule has 0 amide bonds. The minimum atomic E-state index is -0.851. The van der Waals surface area contributed by atoms with E-state index in [1.165, 1.54) is 22.0 Å². The smallest absolute Gasteiger partial charge is 0.266 e. The second-order valence-corrected chi connectivity index (χ2v) is 10.2. The first kappa shape index (κ1) is 21.6. The highest BCUT2D eigenvalue weighted by Gasteiger charge is 2.31. The number of rotatable bonds is 5. The molecule has 1 aromatic heterocycles. The van der Waals surface area contributed by atoms with Crippen LogP contribution < -0.4 is 5.56 Å². The maximum atomic E-state index is 12.5. The Morgan fingerprint density at radius 1 is 1.12 bits per heavy atom. The highest BCUT2D eigenvalue weighted by molar-refractivity contribution is 7.98. The molecule has 0 radical (unpaired) electrons. The molecule has 0 aliphatic heterocycles. The van der Waals surface area contributed by atoms with Gasteiger partial charge in [0.25, 0.3) is 5.56 Å². The van der Waals surface area contributed by atoms with E-state index in [0.717, 1.165) is 5.56 Å². The number of hydrogen-bond donors (Lipinski definition) is 0. The van der Waals surface area contributed by atoms with Gasteiger partial charge >= 0.3 is 0 Å². The zero-order valence-corrected chi connectivity index (χ0v) is 18.6. The van der Waals surface area contributed by atoms with Gasteiger partial charge in [-0.1, -0.05) is 56.6 Å². The monoisotopic (exact) mass is 432 g/mol. The first-order valence-electron chi connectivity index (χ1n) is 8.23. The highest BCUT2D eigenvalue weighted by atomic mass is 35.5. The van der Waals surface area contributed by atoms with Crippen molar-refractivity contribution in [3.63, 3.8) is 0 Å². The van der Waals surface area contributed by atoms with Crippen LogP contribution in [0.3, 0.4) is 0 Å². The molecule has 0 N–H and O–H groups in total. The molecule has 0 aliphatic carbocycles. The summed E-state index contributed by atoms with van der Waals surface area (Å²) >= 11 is 19.7. The van der Waals surface area contributed by atoms with Crippen molar-refractivity contribution < 1.29 is 0 Å². The number of halogens is 3. The summed E-state index contributed by atoms with van der Waals surface area (Å²) in [5, 5.41) is 4.36. The van der Waals surface area contributed by atoms with Crippen LogP contribution in [0.1, 0.15) is 45.7 Å². The van der Waals surface area contributed by atoms with Crippen LogP contribution >= 0.6 is 46.6 Å². The van der Waals surface area contributed by atoms with E-state index in [2.05, 4.69) is 50.1 Å². The standard InChI is InChI=1S/C19H23Cl3N2OS/c1-18(2,3)13-8-6-12(7-9-13)11-26-14-10-23-24(16(25)15(14)20)19(4,5)17(21)22/h6-10,17H,11H2,1-5H3. The molecule has 0 unspecified atom stereocenters. The second-order valence-electron chi connectivity index (χ2n) is 7.73. The Morgan fingerprint density at radius 3 is 2.19 bits per heavy atom. The van der Waals surface area contributed by atoms with Gasteiger partial charge in [0.2, 0.25) is 0 Å². The van der Waals surface area contributed by atoms with Gasteiger partial charge in [-0.15, -0.1) is 35.0 Å². The molecule has 0 saturated carbocycles. The minimum Gasteiger partial charge on any atom is -0.266 e. The van der Waals surface area contributed by atoms with Crippen LogP contribution in [0.2, 0.25) is 5.02 Å². The van der Waals surface area contributed by atoms with Crippen LogP contribution in [-0.2, 0) is 16.7 Å². The quantitative estimate of drug-likeness (QED) is 0.427.